The summed E-state index contributed by atoms with van der Waals surface area (Å²) < 4.78 is 29.9. The average molecular weight is 476 g/mol. The van der Waals surface area contributed by atoms with E-state index in [-0.39, 0.29) is 11.5 Å². The maximum atomic E-state index is 13.9. The fraction of sp³-hybridized carbons (Fsp3) is 0.583. The Balaban J connectivity index is 1.62. The van der Waals surface area contributed by atoms with Crippen LogP contribution in [0, 0.1) is 0 Å². The molecule has 1 saturated heterocycles. The second kappa shape index (κ2) is 9.16. The number of hydrogen-bond acceptors (Lipinski definition) is 5. The Morgan fingerprint density at radius 1 is 1.21 bits per heavy atom. The lowest BCUT2D eigenvalue weighted by Gasteiger charge is -2.33. The fourth-order valence-electron chi connectivity index (χ4n) is 5.41. The van der Waals surface area contributed by atoms with Gasteiger partial charge in [0, 0.05) is 61.7 Å². The van der Waals surface area contributed by atoms with Crippen molar-refractivity contribution < 1.29 is 13.6 Å². The Morgan fingerprint density at radius 3 is 2.70 bits per heavy atom. The van der Waals surface area contributed by atoms with Gasteiger partial charge in [0.2, 0.25) is 5.91 Å². The molecule has 1 aromatic heterocycles. The summed E-state index contributed by atoms with van der Waals surface area (Å²) in [7, 11) is 1.69. The molecule has 33 heavy (non-hydrogen) atoms. The average Bonchev–Trinajstić information content (AvgIpc) is 3.22. The van der Waals surface area contributed by atoms with Gasteiger partial charge < -0.3 is 15.1 Å². The molecule has 0 radical (unpaired) electrons. The zero-order valence-corrected chi connectivity index (χ0v) is 20.1. The first kappa shape index (κ1) is 22.5. The van der Waals surface area contributed by atoms with Gasteiger partial charge in [-0.1, -0.05) is 0 Å². The van der Waals surface area contributed by atoms with Crippen LogP contribution in [0.4, 0.5) is 26.0 Å². The third-order valence-electron chi connectivity index (χ3n) is 7.18. The molecule has 9 heteroatoms. The normalized spacial score (nSPS) is 18.9. The quantitative estimate of drug-likeness (QED) is 0.680. The van der Waals surface area contributed by atoms with Gasteiger partial charge in [0.15, 0.2) is 5.82 Å². The number of hydrogen-bond donors (Lipinski definition) is 1. The molecule has 0 unspecified atom stereocenters. The first-order valence-corrected chi connectivity index (χ1v) is 13.0. The summed E-state index contributed by atoms with van der Waals surface area (Å²) >= 11 is 1.99. The molecule has 0 bridgehead atoms. The Kier molecular flexibility index (Phi) is 6.24. The molecule has 3 aliphatic rings. The molecule has 178 valence electrons. The monoisotopic (exact) mass is 475 g/mol. The summed E-state index contributed by atoms with van der Waals surface area (Å²) in [6.45, 7) is 3.58. The SMILES string of the molecule is CNc1cc2c(cc1C(F)F)N(c1nn(C3CCSCC3)c3c1CN(C(C)=O)CC3)CCC2. The predicted octanol–water partition coefficient (Wildman–Crippen LogP) is 4.92. The summed E-state index contributed by atoms with van der Waals surface area (Å²) in [5.74, 6) is 3.16. The topological polar surface area (TPSA) is 53.4 Å². The van der Waals surface area contributed by atoms with E-state index in [1.165, 1.54) is 5.69 Å². The molecule has 0 spiro atoms. The molecule has 0 atom stereocenters. The van der Waals surface area contributed by atoms with Crippen molar-refractivity contribution in [3.05, 3.63) is 34.5 Å². The lowest BCUT2D eigenvalue weighted by molar-refractivity contribution is -0.129. The van der Waals surface area contributed by atoms with Gasteiger partial charge in [-0.3, -0.25) is 9.48 Å². The van der Waals surface area contributed by atoms with Crippen LogP contribution >= 0.6 is 11.8 Å². The molecular formula is C24H31F2N5OS. The van der Waals surface area contributed by atoms with E-state index >= 15 is 0 Å². The zero-order chi connectivity index (χ0) is 23.1. The largest absolute Gasteiger partial charge is 0.388 e. The molecule has 1 fully saturated rings. The van der Waals surface area contributed by atoms with Gasteiger partial charge >= 0.3 is 0 Å². The zero-order valence-electron chi connectivity index (χ0n) is 19.2. The van der Waals surface area contributed by atoms with Crippen LogP contribution in [0.2, 0.25) is 0 Å². The molecular weight excluding hydrogens is 444 g/mol. The minimum atomic E-state index is -2.55. The van der Waals surface area contributed by atoms with E-state index < -0.39 is 6.43 Å². The summed E-state index contributed by atoms with van der Waals surface area (Å²) in [5, 5.41) is 8.07. The highest BCUT2D eigenvalue weighted by molar-refractivity contribution is 7.99. The third kappa shape index (κ3) is 4.09. The Morgan fingerprint density at radius 2 is 2.00 bits per heavy atom. The summed E-state index contributed by atoms with van der Waals surface area (Å²) in [5.41, 5.74) is 4.69. The van der Waals surface area contributed by atoms with Crippen molar-refractivity contribution >= 4 is 34.9 Å². The molecule has 1 aromatic carbocycles. The van der Waals surface area contributed by atoms with Crippen molar-refractivity contribution in [2.24, 2.45) is 0 Å². The fourth-order valence-corrected chi connectivity index (χ4v) is 6.49. The van der Waals surface area contributed by atoms with Crippen LogP contribution < -0.4 is 10.2 Å². The lowest BCUT2D eigenvalue weighted by Crippen LogP contribution is -2.36. The minimum absolute atomic E-state index is 0.0196. The highest BCUT2D eigenvalue weighted by atomic mass is 32.2. The Labute approximate surface area is 197 Å². The van der Waals surface area contributed by atoms with Crippen molar-refractivity contribution in [2.75, 3.05) is 41.9 Å². The van der Waals surface area contributed by atoms with Crippen LogP contribution in [-0.2, 0) is 24.2 Å². The highest BCUT2D eigenvalue weighted by Crippen LogP contribution is 2.43. The number of rotatable bonds is 4. The molecule has 6 nitrogen and oxygen atoms in total. The van der Waals surface area contributed by atoms with Gasteiger partial charge in [-0.25, -0.2) is 8.78 Å². The first-order valence-electron chi connectivity index (χ1n) is 11.8. The van der Waals surface area contributed by atoms with Gasteiger partial charge in [-0.05, 0) is 54.9 Å². The van der Waals surface area contributed by atoms with Gasteiger partial charge in [-0.15, -0.1) is 0 Å². The molecule has 1 N–H and O–H groups in total. The van der Waals surface area contributed by atoms with Gasteiger partial charge in [0.1, 0.15) is 0 Å². The lowest BCUT2D eigenvalue weighted by atomic mass is 9.97. The van der Waals surface area contributed by atoms with Crippen LogP contribution in [0.3, 0.4) is 0 Å². The number of carbonyl (C=O) groups is 1. The summed E-state index contributed by atoms with van der Waals surface area (Å²) in [4.78, 5) is 16.2. The number of nitrogens with one attached hydrogen (secondary N) is 1. The van der Waals surface area contributed by atoms with E-state index in [1.807, 2.05) is 22.7 Å². The van der Waals surface area contributed by atoms with E-state index in [9.17, 15) is 13.6 Å². The van der Waals surface area contributed by atoms with E-state index in [0.29, 0.717) is 24.8 Å². The number of benzene rings is 1. The van der Waals surface area contributed by atoms with E-state index in [0.717, 1.165) is 72.8 Å². The van der Waals surface area contributed by atoms with Crippen molar-refractivity contribution in [1.82, 2.24) is 14.7 Å². The Bertz CT molecular complexity index is 1050. The number of aromatic nitrogens is 2. The highest BCUT2D eigenvalue weighted by Gasteiger charge is 2.33. The smallest absolute Gasteiger partial charge is 0.265 e. The van der Waals surface area contributed by atoms with Crippen LogP contribution in [0.15, 0.2) is 12.1 Å². The van der Waals surface area contributed by atoms with Crippen molar-refractivity contribution in [1.29, 1.82) is 0 Å². The van der Waals surface area contributed by atoms with Gasteiger partial charge in [0.05, 0.1) is 12.6 Å². The Hall–Kier alpha value is -2.29. The van der Waals surface area contributed by atoms with Gasteiger partial charge in [0.25, 0.3) is 6.43 Å². The van der Waals surface area contributed by atoms with Crippen LogP contribution in [0.5, 0.6) is 0 Å². The maximum Gasteiger partial charge on any atom is 0.265 e. The molecule has 0 saturated carbocycles. The first-order chi connectivity index (χ1) is 16.0. The predicted molar refractivity (Wildman–Crippen MR) is 129 cm³/mol. The van der Waals surface area contributed by atoms with E-state index in [2.05, 4.69) is 14.9 Å². The van der Waals surface area contributed by atoms with Crippen LogP contribution in [0.1, 0.15) is 61.0 Å². The van der Waals surface area contributed by atoms with E-state index in [1.54, 1.807) is 20.0 Å². The molecule has 3 aliphatic heterocycles. The number of anilines is 3. The number of nitrogens with zero attached hydrogens (tertiary/aromatic N) is 4. The second-order valence-electron chi connectivity index (χ2n) is 9.10. The number of thioether (sulfide) groups is 1. The molecule has 5 rings (SSSR count). The van der Waals surface area contributed by atoms with Crippen LogP contribution in [-0.4, -0.2) is 52.2 Å². The molecule has 1 amide bonds. The number of aryl methyl sites for hydroxylation is 1. The van der Waals surface area contributed by atoms with Gasteiger partial charge in [-0.2, -0.15) is 16.9 Å². The maximum absolute atomic E-state index is 13.9. The molecule has 4 heterocycles. The van der Waals surface area contributed by atoms with Crippen molar-refractivity contribution in [3.63, 3.8) is 0 Å². The minimum Gasteiger partial charge on any atom is -0.388 e. The number of fused-ring (bicyclic) bond motifs is 2. The van der Waals surface area contributed by atoms with Crippen LogP contribution in [0.25, 0.3) is 0 Å². The summed E-state index contributed by atoms with van der Waals surface area (Å²) in [6, 6.07) is 3.87. The van der Waals surface area contributed by atoms with Crippen molar-refractivity contribution in [3.8, 4) is 0 Å². The number of carbonyl (C=O) groups excluding carboxylic acids is 1. The standard InChI is InChI=1S/C24H31F2N5OS/c1-15(32)29-9-5-21-19(14-29)24(28-31(21)17-6-10-33-11-7-17)30-8-3-4-16-12-20(27-2)18(23(25)26)13-22(16)30/h12-13,17,23,27H,3-11,14H2,1-2H3. The van der Waals surface area contributed by atoms with Crippen molar-refractivity contribution in [2.45, 2.75) is 58.0 Å². The molecule has 0 aliphatic carbocycles. The molecule has 2 aromatic rings. The number of amides is 1. The second-order valence-corrected chi connectivity index (χ2v) is 10.3. The summed E-state index contributed by atoms with van der Waals surface area (Å²) in [6.07, 6.45) is 2.20. The van der Waals surface area contributed by atoms with E-state index in [4.69, 9.17) is 5.10 Å². The number of alkyl halides is 2. The third-order valence-corrected chi connectivity index (χ3v) is 8.23. The number of halogens is 2.